The van der Waals surface area contributed by atoms with E-state index in [2.05, 4.69) is 146 Å². The minimum absolute atomic E-state index is 0.221. The van der Waals surface area contributed by atoms with E-state index >= 15 is 9.59 Å². The molecule has 0 saturated heterocycles. The van der Waals surface area contributed by atoms with Crippen LogP contribution in [0, 0.1) is 0 Å². The van der Waals surface area contributed by atoms with E-state index in [1.807, 2.05) is 24.3 Å². The molecule has 0 bridgehead atoms. The summed E-state index contributed by atoms with van der Waals surface area (Å²) in [4.78, 5) is 30.9. The lowest BCUT2D eigenvalue weighted by Crippen LogP contribution is -2.25. The molecule has 6 nitrogen and oxygen atoms in total. The number of anilines is 8. The fourth-order valence-electron chi connectivity index (χ4n) is 7.98. The largest absolute Gasteiger partial charge is 0.355 e. The Hall–Kier alpha value is -6.14. The molecule has 0 atom stereocenters. The summed E-state index contributed by atoms with van der Waals surface area (Å²) in [7, 11) is 0. The Balaban J connectivity index is 1.33. The number of carbonyl (C=O) groups is 2. The zero-order valence-electron chi connectivity index (χ0n) is 35.8. The van der Waals surface area contributed by atoms with Gasteiger partial charge in [0, 0.05) is 22.7 Å². The van der Waals surface area contributed by atoms with Crippen LogP contribution < -0.4 is 21.3 Å². The minimum atomic E-state index is -0.221. The van der Waals surface area contributed by atoms with Crippen LogP contribution >= 0.6 is 0 Å². The molecule has 0 radical (unpaired) electrons. The van der Waals surface area contributed by atoms with Gasteiger partial charge in [0.1, 0.15) is 0 Å². The third-order valence-corrected chi connectivity index (χ3v) is 11.5. The van der Waals surface area contributed by atoms with Gasteiger partial charge in [-0.2, -0.15) is 0 Å². The molecule has 308 valence electrons. The van der Waals surface area contributed by atoms with Crippen LogP contribution in [0.25, 0.3) is 0 Å². The highest BCUT2D eigenvalue weighted by Crippen LogP contribution is 2.44. The number of hydrogen-bond acceptors (Lipinski definition) is 6. The molecule has 0 fully saturated rings. The molecule has 0 aliphatic heterocycles. The highest BCUT2D eigenvalue weighted by atomic mass is 16.1. The first-order valence-corrected chi connectivity index (χ1v) is 22.3. The molecule has 4 N–H and O–H groups in total. The number of unbranched alkanes of at least 4 members (excludes halogenated alkanes) is 4. The summed E-state index contributed by atoms with van der Waals surface area (Å²) in [6, 6.07) is 41.2. The highest BCUT2D eigenvalue weighted by molar-refractivity contribution is 6.35. The molecule has 0 saturated carbocycles. The van der Waals surface area contributed by atoms with Crippen molar-refractivity contribution in [3.8, 4) is 0 Å². The molecule has 7 rings (SSSR count). The van der Waals surface area contributed by atoms with Gasteiger partial charge in [0.15, 0.2) is 11.6 Å². The van der Waals surface area contributed by atoms with E-state index in [1.54, 1.807) is 0 Å². The number of ketones is 2. The molecule has 0 aromatic heterocycles. The van der Waals surface area contributed by atoms with E-state index < -0.39 is 0 Å². The van der Waals surface area contributed by atoms with E-state index in [9.17, 15) is 0 Å². The van der Waals surface area contributed by atoms with E-state index in [-0.39, 0.29) is 11.6 Å². The molecule has 6 aromatic carbocycles. The first kappa shape index (κ1) is 42.0. The summed E-state index contributed by atoms with van der Waals surface area (Å²) < 4.78 is 0. The summed E-state index contributed by atoms with van der Waals surface area (Å²) in [5.41, 5.74) is 12.2. The van der Waals surface area contributed by atoms with Crippen LogP contribution in [0.1, 0.15) is 133 Å². The van der Waals surface area contributed by atoms with Gasteiger partial charge in [0.2, 0.25) is 0 Å². The third kappa shape index (κ3) is 9.99. The van der Waals surface area contributed by atoms with Crippen molar-refractivity contribution in [2.24, 2.45) is 0 Å². The smallest absolute Gasteiger partial charge is 0.198 e. The predicted octanol–water partition coefficient (Wildman–Crippen LogP) is 14.8. The van der Waals surface area contributed by atoms with E-state index in [4.69, 9.17) is 0 Å². The number of benzene rings is 6. The molecule has 1 aliphatic carbocycles. The maximum atomic E-state index is 15.4. The van der Waals surface area contributed by atoms with Gasteiger partial charge < -0.3 is 21.3 Å². The lowest BCUT2D eigenvalue weighted by molar-refractivity contribution is 0.0981. The number of fused-ring (bicyclic) bond motifs is 2. The maximum Gasteiger partial charge on any atom is 0.198 e. The average Bonchev–Trinajstić information content (AvgIpc) is 3.28. The SMILES string of the molecule is CCCCc1ccc(Nc2ccc(Nc3ccc(CCCC)cc3)c3c2C(=O)c2c(Nc4ccc(CCCC)cc4)ccc(Nc4ccc(CCCC)cc4)c2C3=O)cc1. The Morgan fingerprint density at radius 2 is 0.500 bits per heavy atom. The fraction of sp³-hybridized carbons (Fsp3) is 0.296. The van der Waals surface area contributed by atoms with E-state index in [1.165, 1.54) is 22.3 Å². The van der Waals surface area contributed by atoms with Gasteiger partial charge in [0.05, 0.1) is 45.0 Å². The van der Waals surface area contributed by atoms with Gasteiger partial charge in [-0.25, -0.2) is 0 Å². The second kappa shape index (κ2) is 20.2. The van der Waals surface area contributed by atoms with Gasteiger partial charge in [-0.1, -0.05) is 102 Å². The van der Waals surface area contributed by atoms with Gasteiger partial charge in [-0.05, 0) is 146 Å². The number of nitrogens with one attached hydrogen (secondary N) is 4. The second-order valence-corrected chi connectivity index (χ2v) is 16.2. The normalized spacial score (nSPS) is 11.9. The average molecular weight is 797 g/mol. The zero-order valence-corrected chi connectivity index (χ0v) is 35.8. The third-order valence-electron chi connectivity index (χ3n) is 11.5. The quantitative estimate of drug-likeness (QED) is 0.0615. The van der Waals surface area contributed by atoms with Gasteiger partial charge in [-0.3, -0.25) is 9.59 Å². The van der Waals surface area contributed by atoms with Crippen LogP contribution in [0.15, 0.2) is 121 Å². The predicted molar refractivity (Wildman–Crippen MR) is 253 cm³/mol. The number of carbonyl (C=O) groups excluding carboxylic acids is 2. The molecule has 0 spiro atoms. The maximum absolute atomic E-state index is 15.4. The topological polar surface area (TPSA) is 82.3 Å². The Labute approximate surface area is 357 Å². The molecule has 6 heteroatoms. The Kier molecular flexibility index (Phi) is 14.2. The molecule has 0 heterocycles. The van der Waals surface area contributed by atoms with Gasteiger partial charge >= 0.3 is 0 Å². The molecule has 60 heavy (non-hydrogen) atoms. The number of hydrogen-bond donors (Lipinski definition) is 4. The van der Waals surface area contributed by atoms with Crippen molar-refractivity contribution in [3.63, 3.8) is 0 Å². The minimum Gasteiger partial charge on any atom is -0.355 e. The van der Waals surface area contributed by atoms with Crippen LogP contribution in [-0.2, 0) is 25.7 Å². The lowest BCUT2D eigenvalue weighted by Gasteiger charge is -2.27. The molecule has 0 unspecified atom stereocenters. The van der Waals surface area contributed by atoms with Crippen molar-refractivity contribution in [1.29, 1.82) is 0 Å². The van der Waals surface area contributed by atoms with Crippen LogP contribution in [0.4, 0.5) is 45.5 Å². The van der Waals surface area contributed by atoms with Gasteiger partial charge in [-0.15, -0.1) is 0 Å². The van der Waals surface area contributed by atoms with Crippen LogP contribution in [0.5, 0.6) is 0 Å². The van der Waals surface area contributed by atoms with Crippen LogP contribution in [0.3, 0.4) is 0 Å². The second-order valence-electron chi connectivity index (χ2n) is 16.2. The van der Waals surface area contributed by atoms with Crippen molar-refractivity contribution >= 4 is 57.1 Å². The zero-order chi connectivity index (χ0) is 41.8. The Morgan fingerprint density at radius 3 is 0.683 bits per heavy atom. The summed E-state index contributed by atoms with van der Waals surface area (Å²) >= 11 is 0. The Morgan fingerprint density at radius 1 is 0.300 bits per heavy atom. The van der Waals surface area contributed by atoms with E-state index in [0.717, 1.165) is 99.8 Å². The first-order valence-electron chi connectivity index (χ1n) is 22.3. The van der Waals surface area contributed by atoms with Crippen LogP contribution in [0.2, 0.25) is 0 Å². The van der Waals surface area contributed by atoms with Crippen molar-refractivity contribution in [1.82, 2.24) is 0 Å². The summed E-state index contributed by atoms with van der Waals surface area (Å²) in [6.07, 6.45) is 13.2. The van der Waals surface area contributed by atoms with Crippen molar-refractivity contribution in [2.75, 3.05) is 21.3 Å². The first-order chi connectivity index (χ1) is 29.4. The fourth-order valence-corrected chi connectivity index (χ4v) is 7.98. The standard InChI is InChI=1S/C54H60N4O2/c1-5-9-13-37-17-25-41(26-18-37)55-45-33-34-46(56-42-27-19-38(20-28-42)14-10-6-2)50-49(45)53(59)51-47(57-43-29-21-39(22-30-43)15-11-7-3)35-36-48(52(51)54(50)60)58-44-31-23-40(24-32-44)16-12-8-4/h17-36,55-58H,5-16H2,1-4H3. The van der Waals surface area contributed by atoms with Crippen molar-refractivity contribution < 1.29 is 9.59 Å². The monoisotopic (exact) mass is 796 g/mol. The number of aryl methyl sites for hydroxylation is 4. The summed E-state index contributed by atoms with van der Waals surface area (Å²) in [5, 5.41) is 14.2. The van der Waals surface area contributed by atoms with Crippen molar-refractivity contribution in [3.05, 3.63) is 166 Å². The van der Waals surface area contributed by atoms with E-state index in [0.29, 0.717) is 45.0 Å². The molecule has 6 aromatic rings. The lowest BCUT2D eigenvalue weighted by atomic mass is 9.80. The van der Waals surface area contributed by atoms with Crippen molar-refractivity contribution in [2.45, 2.75) is 105 Å². The Bertz CT molecular complexity index is 2050. The highest BCUT2D eigenvalue weighted by Gasteiger charge is 2.38. The molecular formula is C54H60N4O2. The summed E-state index contributed by atoms with van der Waals surface area (Å²) in [5.74, 6) is -0.443. The number of rotatable bonds is 20. The van der Waals surface area contributed by atoms with Gasteiger partial charge in [0.25, 0.3) is 0 Å². The molecule has 1 aliphatic rings. The summed E-state index contributed by atoms with van der Waals surface area (Å²) in [6.45, 7) is 8.80. The molecular weight excluding hydrogens is 737 g/mol. The molecule has 0 amide bonds. The van der Waals surface area contributed by atoms with Crippen LogP contribution in [-0.4, -0.2) is 11.6 Å².